The SMILES string of the molecule is COc1ccc(-n2nc(C(C)(C)C)c3c2N(CC(=O)NCc2cccnc2)C(=O)CS[C@H]3c2cccc(F)c2)cc1. The number of halogens is 1. The van der Waals surface area contributed by atoms with Gasteiger partial charge in [0.2, 0.25) is 11.8 Å². The van der Waals surface area contributed by atoms with E-state index in [4.69, 9.17) is 9.84 Å². The fraction of sp³-hybridized carbons (Fsp3) is 0.290. The van der Waals surface area contributed by atoms with Gasteiger partial charge in [-0.25, -0.2) is 9.07 Å². The number of amides is 2. The van der Waals surface area contributed by atoms with Gasteiger partial charge in [-0.15, -0.1) is 11.8 Å². The van der Waals surface area contributed by atoms with Gasteiger partial charge in [-0.2, -0.15) is 5.10 Å². The van der Waals surface area contributed by atoms with Crippen molar-refractivity contribution in [1.82, 2.24) is 20.1 Å². The lowest BCUT2D eigenvalue weighted by Crippen LogP contribution is -2.42. The van der Waals surface area contributed by atoms with Crippen LogP contribution in [0.1, 0.15) is 48.4 Å². The van der Waals surface area contributed by atoms with Crippen molar-refractivity contribution in [1.29, 1.82) is 0 Å². The Labute approximate surface area is 242 Å². The summed E-state index contributed by atoms with van der Waals surface area (Å²) in [6.07, 6.45) is 3.35. The van der Waals surface area contributed by atoms with Gasteiger partial charge >= 0.3 is 0 Å². The summed E-state index contributed by atoms with van der Waals surface area (Å²) in [6, 6.07) is 17.5. The fourth-order valence-corrected chi connectivity index (χ4v) is 6.00. The van der Waals surface area contributed by atoms with E-state index >= 15 is 0 Å². The van der Waals surface area contributed by atoms with E-state index in [1.165, 1.54) is 28.8 Å². The number of thioether (sulfide) groups is 1. The lowest BCUT2D eigenvalue weighted by Gasteiger charge is -2.24. The molecule has 0 saturated heterocycles. The number of carbonyl (C=O) groups is 2. The lowest BCUT2D eigenvalue weighted by atomic mass is 9.87. The Morgan fingerprint density at radius 3 is 2.59 bits per heavy atom. The van der Waals surface area contributed by atoms with Crippen LogP contribution in [-0.4, -0.2) is 46.0 Å². The lowest BCUT2D eigenvalue weighted by molar-refractivity contribution is -0.123. The Kier molecular flexibility index (Phi) is 8.12. The largest absolute Gasteiger partial charge is 0.497 e. The van der Waals surface area contributed by atoms with Crippen molar-refractivity contribution < 1.29 is 18.7 Å². The zero-order chi connectivity index (χ0) is 29.1. The number of rotatable bonds is 7. The van der Waals surface area contributed by atoms with Crippen molar-refractivity contribution in [2.75, 3.05) is 24.3 Å². The Morgan fingerprint density at radius 1 is 1.15 bits per heavy atom. The molecule has 0 radical (unpaired) electrons. The second-order valence-electron chi connectivity index (χ2n) is 10.8. The molecule has 10 heteroatoms. The number of benzene rings is 2. The standard InChI is InChI=1S/C31H32FN5O3S/c1-31(2,3)29-27-28(21-8-5-9-22(32)15-21)41-19-26(39)36(18-25(38)34-17-20-7-6-14-33-16-20)30(27)37(35-29)23-10-12-24(40-4)13-11-23/h5-16,28H,17-19H2,1-4H3,(H,34,38)/t28-/m0/s1. The minimum Gasteiger partial charge on any atom is -0.497 e. The number of nitrogens with one attached hydrogen (secondary N) is 1. The number of carbonyl (C=O) groups excluding carboxylic acids is 2. The first-order valence-corrected chi connectivity index (χ1v) is 14.3. The zero-order valence-electron chi connectivity index (χ0n) is 23.4. The first-order valence-electron chi connectivity index (χ1n) is 13.3. The van der Waals surface area contributed by atoms with Crippen LogP contribution in [0.4, 0.5) is 10.2 Å². The maximum atomic E-state index is 14.4. The van der Waals surface area contributed by atoms with Gasteiger partial charge in [0.15, 0.2) is 0 Å². The van der Waals surface area contributed by atoms with Crippen LogP contribution in [0.15, 0.2) is 73.1 Å². The smallest absolute Gasteiger partial charge is 0.240 e. The quantitative estimate of drug-likeness (QED) is 0.327. The van der Waals surface area contributed by atoms with Gasteiger partial charge in [0.25, 0.3) is 0 Å². The number of fused-ring (bicyclic) bond motifs is 1. The van der Waals surface area contributed by atoms with E-state index in [9.17, 15) is 14.0 Å². The van der Waals surface area contributed by atoms with Crippen molar-refractivity contribution >= 4 is 29.4 Å². The molecular weight excluding hydrogens is 541 g/mol. The third-order valence-corrected chi connectivity index (χ3v) is 8.04. The molecule has 2 aromatic carbocycles. The maximum absolute atomic E-state index is 14.4. The molecule has 1 N–H and O–H groups in total. The van der Waals surface area contributed by atoms with Crippen molar-refractivity contribution in [2.24, 2.45) is 0 Å². The zero-order valence-corrected chi connectivity index (χ0v) is 24.2. The van der Waals surface area contributed by atoms with Crippen LogP contribution >= 0.6 is 11.8 Å². The summed E-state index contributed by atoms with van der Waals surface area (Å²) in [4.78, 5) is 32.6. The molecule has 1 aliphatic heterocycles. The summed E-state index contributed by atoms with van der Waals surface area (Å²) >= 11 is 1.41. The molecule has 0 aliphatic carbocycles. The third-order valence-electron chi connectivity index (χ3n) is 6.78. The maximum Gasteiger partial charge on any atom is 0.240 e. The number of anilines is 1. The van der Waals surface area contributed by atoms with Crippen LogP contribution in [0.5, 0.6) is 5.75 Å². The highest BCUT2D eigenvalue weighted by Gasteiger charge is 2.40. The van der Waals surface area contributed by atoms with Crippen LogP contribution < -0.4 is 15.0 Å². The molecule has 4 aromatic rings. The predicted octanol–water partition coefficient (Wildman–Crippen LogP) is 5.20. The molecule has 0 saturated carbocycles. The highest BCUT2D eigenvalue weighted by Crippen LogP contribution is 2.48. The molecule has 0 spiro atoms. The molecule has 0 unspecified atom stereocenters. The van der Waals surface area contributed by atoms with Gasteiger partial charge in [0, 0.05) is 29.9 Å². The van der Waals surface area contributed by atoms with E-state index in [0.29, 0.717) is 17.3 Å². The minimum atomic E-state index is -0.421. The summed E-state index contributed by atoms with van der Waals surface area (Å²) in [7, 11) is 1.60. The van der Waals surface area contributed by atoms with Crippen molar-refractivity contribution in [3.63, 3.8) is 0 Å². The average molecular weight is 574 g/mol. The Balaban J connectivity index is 1.65. The number of pyridine rings is 1. The Bertz CT molecular complexity index is 1550. The van der Waals surface area contributed by atoms with E-state index in [2.05, 4.69) is 31.1 Å². The molecule has 2 aromatic heterocycles. The van der Waals surface area contributed by atoms with Crippen LogP contribution in [0.3, 0.4) is 0 Å². The minimum absolute atomic E-state index is 0.109. The average Bonchev–Trinajstić information content (AvgIpc) is 3.30. The van der Waals surface area contributed by atoms with Crippen LogP contribution in [0.2, 0.25) is 0 Å². The summed E-state index contributed by atoms with van der Waals surface area (Å²) in [5, 5.41) is 7.57. The summed E-state index contributed by atoms with van der Waals surface area (Å²) in [6.45, 7) is 6.25. The van der Waals surface area contributed by atoms with Crippen molar-refractivity contribution in [3.05, 3.63) is 101 Å². The van der Waals surface area contributed by atoms with Gasteiger partial charge in [0.1, 0.15) is 23.9 Å². The van der Waals surface area contributed by atoms with Gasteiger partial charge in [-0.05, 0) is 53.6 Å². The number of methoxy groups -OCH3 is 1. The molecular formula is C31H32FN5O3S. The highest BCUT2D eigenvalue weighted by atomic mass is 32.2. The Morgan fingerprint density at radius 2 is 1.93 bits per heavy atom. The molecule has 8 nitrogen and oxygen atoms in total. The van der Waals surface area contributed by atoms with E-state index in [0.717, 1.165) is 22.4 Å². The second-order valence-corrected chi connectivity index (χ2v) is 11.9. The third kappa shape index (κ3) is 6.12. The number of ether oxygens (including phenoxy) is 1. The van der Waals surface area contributed by atoms with E-state index in [1.54, 1.807) is 36.3 Å². The van der Waals surface area contributed by atoms with E-state index in [1.807, 2.05) is 36.4 Å². The molecule has 0 bridgehead atoms. The van der Waals surface area contributed by atoms with Crippen LogP contribution in [0.25, 0.3) is 5.69 Å². The number of hydrogen-bond acceptors (Lipinski definition) is 6. The highest BCUT2D eigenvalue weighted by molar-refractivity contribution is 8.00. The number of hydrogen-bond donors (Lipinski definition) is 1. The molecule has 1 atom stereocenters. The predicted molar refractivity (Wildman–Crippen MR) is 158 cm³/mol. The molecule has 212 valence electrons. The summed E-state index contributed by atoms with van der Waals surface area (Å²) in [5.41, 5.74) is 3.41. The molecule has 41 heavy (non-hydrogen) atoms. The van der Waals surface area contributed by atoms with E-state index < -0.39 is 5.41 Å². The number of aromatic nitrogens is 3. The van der Waals surface area contributed by atoms with Gasteiger partial charge < -0.3 is 10.1 Å². The molecule has 3 heterocycles. The first kappa shape index (κ1) is 28.4. The topological polar surface area (TPSA) is 89.3 Å². The van der Waals surface area contributed by atoms with E-state index in [-0.39, 0.29) is 41.7 Å². The van der Waals surface area contributed by atoms with Gasteiger partial charge in [-0.1, -0.05) is 39.0 Å². The summed E-state index contributed by atoms with van der Waals surface area (Å²) in [5.74, 6) is 0.383. The monoisotopic (exact) mass is 573 g/mol. The second kappa shape index (κ2) is 11.7. The molecule has 2 amide bonds. The molecule has 5 rings (SSSR count). The van der Waals surface area contributed by atoms with Gasteiger partial charge in [0.05, 0.1) is 29.5 Å². The van der Waals surface area contributed by atoms with Crippen molar-refractivity contribution in [2.45, 2.75) is 38.0 Å². The normalized spacial score (nSPS) is 15.3. The molecule has 0 fully saturated rings. The Hall–Kier alpha value is -4.18. The van der Waals surface area contributed by atoms with Crippen LogP contribution in [-0.2, 0) is 21.5 Å². The number of nitrogens with zero attached hydrogens (tertiary/aromatic N) is 4. The fourth-order valence-electron chi connectivity index (χ4n) is 4.81. The molecule has 1 aliphatic rings. The van der Waals surface area contributed by atoms with Crippen molar-refractivity contribution in [3.8, 4) is 11.4 Å². The van der Waals surface area contributed by atoms with Gasteiger partial charge in [-0.3, -0.25) is 19.5 Å². The van der Waals surface area contributed by atoms with Crippen LogP contribution in [0, 0.1) is 5.82 Å². The summed E-state index contributed by atoms with van der Waals surface area (Å²) < 4.78 is 21.5. The first-order chi connectivity index (χ1) is 19.7.